The number of hydrogen-bond acceptors (Lipinski definition) is 4. The Morgan fingerprint density at radius 1 is 1.29 bits per heavy atom. The maximum absolute atomic E-state index is 4.55. The molecule has 0 saturated carbocycles. The van der Waals surface area contributed by atoms with Gasteiger partial charge < -0.3 is 10.2 Å². The Bertz CT molecular complexity index is 360. The topological polar surface area (TPSA) is 41.1 Å². The molecule has 0 amide bonds. The minimum Gasteiger partial charge on any atom is -0.341 e. The molecule has 0 spiro atoms. The molecule has 0 unspecified atom stereocenters. The molecule has 0 aliphatic carbocycles. The van der Waals surface area contributed by atoms with Gasteiger partial charge in [-0.15, -0.1) is 0 Å². The Labute approximate surface area is 104 Å². The summed E-state index contributed by atoms with van der Waals surface area (Å²) in [5.74, 6) is 0.797. The lowest BCUT2D eigenvalue weighted by Gasteiger charge is -2.22. The first-order chi connectivity index (χ1) is 7.91. The van der Waals surface area contributed by atoms with E-state index >= 15 is 0 Å². The maximum atomic E-state index is 4.55. The second-order valence-electron chi connectivity index (χ2n) is 5.02. The maximum Gasteiger partial charge on any atom is 0.225 e. The Morgan fingerprint density at radius 3 is 2.41 bits per heavy atom. The van der Waals surface area contributed by atoms with E-state index in [0.29, 0.717) is 12.1 Å². The van der Waals surface area contributed by atoms with Crippen LogP contribution in [0.15, 0.2) is 6.20 Å². The summed E-state index contributed by atoms with van der Waals surface area (Å²) in [6.07, 6.45) is 1.92. The third kappa shape index (κ3) is 3.97. The fourth-order valence-electron chi connectivity index (χ4n) is 1.37. The number of rotatable bonds is 5. The highest BCUT2D eigenvalue weighted by atomic mass is 15.2. The molecule has 1 rings (SSSR count). The zero-order valence-electron chi connectivity index (χ0n) is 11.8. The lowest BCUT2D eigenvalue weighted by molar-refractivity contribution is 0.584. The molecule has 0 aliphatic heterocycles. The average molecular weight is 236 g/mol. The molecular formula is C13H24N4. The van der Waals surface area contributed by atoms with Gasteiger partial charge in [-0.3, -0.25) is 0 Å². The van der Waals surface area contributed by atoms with Gasteiger partial charge in [-0.1, -0.05) is 13.8 Å². The summed E-state index contributed by atoms with van der Waals surface area (Å²) >= 11 is 0. The van der Waals surface area contributed by atoms with Crippen molar-refractivity contribution in [3.63, 3.8) is 0 Å². The van der Waals surface area contributed by atoms with Crippen molar-refractivity contribution in [2.75, 3.05) is 11.9 Å². The van der Waals surface area contributed by atoms with Crippen molar-refractivity contribution in [2.24, 2.45) is 0 Å². The van der Waals surface area contributed by atoms with Gasteiger partial charge in [0.05, 0.1) is 0 Å². The smallest absolute Gasteiger partial charge is 0.225 e. The van der Waals surface area contributed by atoms with Crippen LogP contribution in [0.25, 0.3) is 0 Å². The lowest BCUT2D eigenvalue weighted by atomic mass is 10.2. The fraction of sp³-hybridized carbons (Fsp3) is 0.692. The second-order valence-corrected chi connectivity index (χ2v) is 5.02. The van der Waals surface area contributed by atoms with Crippen LogP contribution in [0.4, 0.5) is 5.95 Å². The van der Waals surface area contributed by atoms with Crippen molar-refractivity contribution in [2.45, 2.75) is 53.2 Å². The van der Waals surface area contributed by atoms with E-state index in [0.717, 1.165) is 18.2 Å². The summed E-state index contributed by atoms with van der Waals surface area (Å²) in [7, 11) is 2.02. The van der Waals surface area contributed by atoms with Gasteiger partial charge in [0.2, 0.25) is 5.95 Å². The first-order valence-electron chi connectivity index (χ1n) is 6.20. The highest BCUT2D eigenvalue weighted by molar-refractivity contribution is 5.32. The highest BCUT2D eigenvalue weighted by Gasteiger charge is 2.10. The zero-order chi connectivity index (χ0) is 13.0. The van der Waals surface area contributed by atoms with Crippen LogP contribution in [0.1, 0.15) is 39.0 Å². The predicted molar refractivity (Wildman–Crippen MR) is 72.3 cm³/mol. The van der Waals surface area contributed by atoms with E-state index in [1.165, 1.54) is 5.56 Å². The SMILES string of the molecule is Cc1nc(N(C)C(C)C)ncc1CNC(C)C. The number of aromatic nitrogens is 2. The summed E-state index contributed by atoms with van der Waals surface area (Å²) in [6.45, 7) is 11.4. The van der Waals surface area contributed by atoms with E-state index in [2.05, 4.69) is 47.9 Å². The summed E-state index contributed by atoms with van der Waals surface area (Å²) in [4.78, 5) is 11.0. The molecule has 96 valence electrons. The summed E-state index contributed by atoms with van der Waals surface area (Å²) in [5, 5.41) is 3.38. The Hall–Kier alpha value is -1.16. The average Bonchev–Trinajstić information content (AvgIpc) is 2.26. The van der Waals surface area contributed by atoms with Gasteiger partial charge in [-0.25, -0.2) is 9.97 Å². The van der Waals surface area contributed by atoms with Crippen molar-refractivity contribution in [1.82, 2.24) is 15.3 Å². The number of nitrogens with zero attached hydrogens (tertiary/aromatic N) is 3. The molecule has 0 bridgehead atoms. The minimum atomic E-state index is 0.411. The van der Waals surface area contributed by atoms with E-state index in [-0.39, 0.29) is 0 Å². The Morgan fingerprint density at radius 2 is 1.94 bits per heavy atom. The Kier molecular flexibility index (Phi) is 4.87. The number of nitrogens with one attached hydrogen (secondary N) is 1. The van der Waals surface area contributed by atoms with Gasteiger partial charge >= 0.3 is 0 Å². The highest BCUT2D eigenvalue weighted by Crippen LogP contribution is 2.12. The standard InChI is InChI=1S/C13H24N4/c1-9(2)14-7-12-8-15-13(16-11(12)5)17(6)10(3)4/h8-10,14H,7H2,1-6H3. The van der Waals surface area contributed by atoms with Crippen molar-refractivity contribution in [3.05, 3.63) is 17.5 Å². The largest absolute Gasteiger partial charge is 0.341 e. The molecule has 4 heteroatoms. The molecule has 0 saturated heterocycles. The van der Waals surface area contributed by atoms with Gasteiger partial charge in [-0.05, 0) is 20.8 Å². The second kappa shape index (κ2) is 5.96. The van der Waals surface area contributed by atoms with Gasteiger partial charge in [0.25, 0.3) is 0 Å². The molecule has 4 nitrogen and oxygen atoms in total. The molecule has 1 heterocycles. The first-order valence-corrected chi connectivity index (χ1v) is 6.20. The molecule has 0 atom stereocenters. The molecule has 0 radical (unpaired) electrons. The van der Waals surface area contributed by atoms with Crippen LogP contribution in [-0.4, -0.2) is 29.1 Å². The third-order valence-corrected chi connectivity index (χ3v) is 2.86. The molecule has 0 aliphatic rings. The molecule has 1 N–H and O–H groups in total. The molecule has 1 aromatic heterocycles. The van der Waals surface area contributed by atoms with Crippen molar-refractivity contribution >= 4 is 5.95 Å². The minimum absolute atomic E-state index is 0.411. The summed E-state index contributed by atoms with van der Waals surface area (Å²) in [5.41, 5.74) is 2.22. The van der Waals surface area contributed by atoms with Crippen molar-refractivity contribution in [3.8, 4) is 0 Å². The van der Waals surface area contributed by atoms with E-state index in [1.54, 1.807) is 0 Å². The van der Waals surface area contributed by atoms with Crippen LogP contribution >= 0.6 is 0 Å². The number of hydrogen-bond donors (Lipinski definition) is 1. The van der Waals surface area contributed by atoms with E-state index in [9.17, 15) is 0 Å². The van der Waals surface area contributed by atoms with Crippen LogP contribution < -0.4 is 10.2 Å². The zero-order valence-corrected chi connectivity index (χ0v) is 11.8. The fourth-order valence-corrected chi connectivity index (χ4v) is 1.37. The van der Waals surface area contributed by atoms with Crippen LogP contribution in [0.3, 0.4) is 0 Å². The van der Waals surface area contributed by atoms with E-state index in [1.807, 2.05) is 20.2 Å². The van der Waals surface area contributed by atoms with Gasteiger partial charge in [0.15, 0.2) is 0 Å². The van der Waals surface area contributed by atoms with Crippen molar-refractivity contribution in [1.29, 1.82) is 0 Å². The number of aryl methyl sites for hydroxylation is 1. The van der Waals surface area contributed by atoms with E-state index in [4.69, 9.17) is 0 Å². The lowest BCUT2D eigenvalue weighted by Crippen LogP contribution is -2.28. The Balaban J connectivity index is 2.79. The normalized spacial score (nSPS) is 11.3. The van der Waals surface area contributed by atoms with Gasteiger partial charge in [0.1, 0.15) is 0 Å². The molecule has 0 aromatic carbocycles. The molecular weight excluding hydrogens is 212 g/mol. The van der Waals surface area contributed by atoms with Gasteiger partial charge in [0, 0.05) is 43.1 Å². The number of anilines is 1. The summed E-state index contributed by atoms with van der Waals surface area (Å²) < 4.78 is 0. The van der Waals surface area contributed by atoms with Gasteiger partial charge in [-0.2, -0.15) is 0 Å². The summed E-state index contributed by atoms with van der Waals surface area (Å²) in [6, 6.07) is 0.890. The molecule has 17 heavy (non-hydrogen) atoms. The van der Waals surface area contributed by atoms with Crippen LogP contribution in [0.5, 0.6) is 0 Å². The predicted octanol–water partition coefficient (Wildman–Crippen LogP) is 2.13. The van der Waals surface area contributed by atoms with Crippen molar-refractivity contribution < 1.29 is 0 Å². The monoisotopic (exact) mass is 236 g/mol. The van der Waals surface area contributed by atoms with E-state index < -0.39 is 0 Å². The van der Waals surface area contributed by atoms with Crippen LogP contribution in [-0.2, 0) is 6.54 Å². The van der Waals surface area contributed by atoms with Crippen LogP contribution in [0.2, 0.25) is 0 Å². The molecule has 0 fully saturated rings. The third-order valence-electron chi connectivity index (χ3n) is 2.86. The van der Waals surface area contributed by atoms with Crippen LogP contribution in [0, 0.1) is 6.92 Å². The first kappa shape index (κ1) is 13.9. The quantitative estimate of drug-likeness (QED) is 0.850. The molecule has 1 aromatic rings.